The predicted molar refractivity (Wildman–Crippen MR) is 108 cm³/mol. The monoisotopic (exact) mass is 383 g/mol. The molecule has 0 aliphatic heterocycles. The lowest BCUT2D eigenvalue weighted by atomic mass is 9.95. The molecule has 1 unspecified atom stereocenters. The van der Waals surface area contributed by atoms with Gasteiger partial charge in [-0.2, -0.15) is 0 Å². The number of benzene rings is 2. The molecule has 5 nitrogen and oxygen atoms in total. The Kier molecular flexibility index (Phi) is 6.08. The smallest absolute Gasteiger partial charge is 0.338 e. The van der Waals surface area contributed by atoms with Crippen molar-refractivity contribution < 1.29 is 19.4 Å². The zero-order valence-corrected chi connectivity index (χ0v) is 15.8. The van der Waals surface area contributed by atoms with Gasteiger partial charge >= 0.3 is 11.9 Å². The maximum Gasteiger partial charge on any atom is 0.338 e. The summed E-state index contributed by atoms with van der Waals surface area (Å²) in [5.41, 5.74) is 2.09. The van der Waals surface area contributed by atoms with Crippen molar-refractivity contribution in [3.05, 3.63) is 65.0 Å². The van der Waals surface area contributed by atoms with Gasteiger partial charge in [0, 0.05) is 16.9 Å². The van der Waals surface area contributed by atoms with Crippen LogP contribution in [0.1, 0.15) is 35.2 Å². The van der Waals surface area contributed by atoms with Crippen LogP contribution in [-0.4, -0.2) is 30.2 Å². The molecule has 1 heterocycles. The van der Waals surface area contributed by atoms with Crippen LogP contribution in [0.4, 0.5) is 5.69 Å². The second kappa shape index (κ2) is 8.68. The van der Waals surface area contributed by atoms with Gasteiger partial charge in [0.1, 0.15) is 0 Å². The van der Waals surface area contributed by atoms with Gasteiger partial charge in [-0.25, -0.2) is 4.79 Å². The Morgan fingerprint density at radius 1 is 1.19 bits per heavy atom. The number of ether oxygens (including phenoxy) is 1. The van der Waals surface area contributed by atoms with Crippen LogP contribution in [0.5, 0.6) is 0 Å². The van der Waals surface area contributed by atoms with Crippen molar-refractivity contribution in [1.82, 2.24) is 0 Å². The van der Waals surface area contributed by atoms with E-state index in [1.165, 1.54) is 0 Å². The van der Waals surface area contributed by atoms with Crippen LogP contribution in [-0.2, 0) is 9.53 Å². The zero-order chi connectivity index (χ0) is 19.2. The summed E-state index contributed by atoms with van der Waals surface area (Å²) in [6, 6.07) is 14.9. The Morgan fingerprint density at radius 3 is 2.78 bits per heavy atom. The van der Waals surface area contributed by atoms with Crippen molar-refractivity contribution in [1.29, 1.82) is 0 Å². The largest absolute Gasteiger partial charge is 0.481 e. The molecule has 27 heavy (non-hydrogen) atoms. The van der Waals surface area contributed by atoms with Crippen molar-refractivity contribution in [2.45, 2.75) is 19.3 Å². The maximum absolute atomic E-state index is 11.8. The SMILES string of the molecule is CCOC(=O)c1cccc(NCCC(C(=O)O)c2csc3ccccc23)c1. The van der Waals surface area contributed by atoms with Gasteiger partial charge in [0.05, 0.1) is 18.1 Å². The van der Waals surface area contributed by atoms with Crippen LogP contribution in [0.3, 0.4) is 0 Å². The highest BCUT2D eigenvalue weighted by Gasteiger charge is 2.22. The molecule has 6 heteroatoms. The number of carbonyl (C=O) groups is 2. The molecule has 0 bridgehead atoms. The van der Waals surface area contributed by atoms with E-state index in [1.54, 1.807) is 36.5 Å². The topological polar surface area (TPSA) is 75.6 Å². The van der Waals surface area contributed by atoms with Crippen LogP contribution < -0.4 is 5.32 Å². The molecular weight excluding hydrogens is 362 g/mol. The minimum absolute atomic E-state index is 0.325. The van der Waals surface area contributed by atoms with Crippen LogP contribution in [0.25, 0.3) is 10.1 Å². The molecule has 1 aromatic heterocycles. The molecule has 0 aliphatic carbocycles. The second-order valence-corrected chi connectivity index (χ2v) is 7.01. The zero-order valence-electron chi connectivity index (χ0n) is 15.0. The Balaban J connectivity index is 1.68. The van der Waals surface area contributed by atoms with E-state index in [0.29, 0.717) is 25.1 Å². The van der Waals surface area contributed by atoms with Gasteiger partial charge < -0.3 is 15.2 Å². The van der Waals surface area contributed by atoms with Crippen molar-refractivity contribution in [2.75, 3.05) is 18.5 Å². The minimum atomic E-state index is -0.833. The second-order valence-electron chi connectivity index (χ2n) is 6.09. The molecular formula is C21H21NO4S. The van der Waals surface area contributed by atoms with E-state index < -0.39 is 11.9 Å². The highest BCUT2D eigenvalue weighted by Crippen LogP contribution is 2.33. The van der Waals surface area contributed by atoms with E-state index in [-0.39, 0.29) is 5.97 Å². The average Bonchev–Trinajstić information content (AvgIpc) is 3.09. The summed E-state index contributed by atoms with van der Waals surface area (Å²) in [7, 11) is 0. The van der Waals surface area contributed by atoms with Gasteiger partial charge in [-0.05, 0) is 53.9 Å². The maximum atomic E-state index is 11.8. The first kappa shape index (κ1) is 18.9. The first-order valence-electron chi connectivity index (χ1n) is 8.80. The van der Waals surface area contributed by atoms with Crippen LogP contribution in [0.2, 0.25) is 0 Å². The molecule has 0 spiro atoms. The lowest BCUT2D eigenvalue weighted by molar-refractivity contribution is -0.138. The number of nitrogens with one attached hydrogen (secondary N) is 1. The molecule has 0 saturated carbocycles. The number of aliphatic carboxylic acids is 1. The molecule has 2 N–H and O–H groups in total. The van der Waals surface area contributed by atoms with E-state index in [9.17, 15) is 14.7 Å². The summed E-state index contributed by atoms with van der Waals surface area (Å²) in [5.74, 6) is -1.78. The van der Waals surface area contributed by atoms with Gasteiger partial charge in [-0.1, -0.05) is 24.3 Å². The molecule has 1 atom stereocenters. The van der Waals surface area contributed by atoms with Gasteiger partial charge in [0.2, 0.25) is 0 Å². The van der Waals surface area contributed by atoms with E-state index in [0.717, 1.165) is 21.3 Å². The number of esters is 1. The lowest BCUT2D eigenvalue weighted by Gasteiger charge is -2.14. The summed E-state index contributed by atoms with van der Waals surface area (Å²) in [5, 5.41) is 15.8. The molecule has 0 saturated heterocycles. The number of fused-ring (bicyclic) bond motifs is 1. The van der Waals surface area contributed by atoms with Crippen molar-refractivity contribution in [3.8, 4) is 0 Å². The number of rotatable bonds is 8. The fourth-order valence-corrected chi connectivity index (χ4v) is 4.03. The first-order valence-corrected chi connectivity index (χ1v) is 9.68. The average molecular weight is 383 g/mol. The molecule has 3 rings (SSSR count). The molecule has 0 radical (unpaired) electrons. The minimum Gasteiger partial charge on any atom is -0.481 e. The van der Waals surface area contributed by atoms with Crippen molar-refractivity contribution >= 4 is 39.0 Å². The number of anilines is 1. The number of carboxylic acid groups (broad SMARTS) is 1. The fourth-order valence-electron chi connectivity index (χ4n) is 3.01. The third kappa shape index (κ3) is 4.46. The summed E-state index contributed by atoms with van der Waals surface area (Å²) in [6.45, 7) is 2.57. The summed E-state index contributed by atoms with van der Waals surface area (Å²) >= 11 is 1.56. The molecule has 0 fully saturated rings. The summed E-state index contributed by atoms with van der Waals surface area (Å²) in [4.78, 5) is 23.6. The normalized spacial score (nSPS) is 11.9. The Labute approximate surface area is 161 Å². The molecule has 3 aromatic rings. The standard InChI is InChI=1S/C21H21NO4S/c1-2-26-21(25)14-6-5-7-15(12-14)22-11-10-17(20(23)24)18-13-27-19-9-4-3-8-16(18)19/h3-9,12-13,17,22H,2,10-11H2,1H3,(H,23,24). The summed E-state index contributed by atoms with van der Waals surface area (Å²) < 4.78 is 6.10. The van der Waals surface area contributed by atoms with Gasteiger partial charge in [-0.3, -0.25) is 4.79 Å². The predicted octanol–water partition coefficient (Wildman–Crippen LogP) is 4.75. The van der Waals surface area contributed by atoms with E-state index in [4.69, 9.17) is 4.74 Å². The third-order valence-electron chi connectivity index (χ3n) is 4.32. The van der Waals surface area contributed by atoms with E-state index in [2.05, 4.69) is 5.32 Å². The Hall–Kier alpha value is -2.86. The molecule has 0 aliphatic rings. The van der Waals surface area contributed by atoms with Crippen LogP contribution in [0, 0.1) is 0 Å². The number of hydrogen-bond acceptors (Lipinski definition) is 5. The van der Waals surface area contributed by atoms with Crippen LogP contribution >= 0.6 is 11.3 Å². The first-order chi connectivity index (χ1) is 13.1. The van der Waals surface area contributed by atoms with Crippen molar-refractivity contribution in [2.24, 2.45) is 0 Å². The number of hydrogen-bond donors (Lipinski definition) is 2. The third-order valence-corrected chi connectivity index (χ3v) is 5.30. The van der Waals surface area contributed by atoms with Gasteiger partial charge in [0.15, 0.2) is 0 Å². The Bertz CT molecular complexity index is 950. The van der Waals surface area contributed by atoms with Gasteiger partial charge in [0.25, 0.3) is 0 Å². The Morgan fingerprint density at radius 2 is 2.00 bits per heavy atom. The summed E-state index contributed by atoms with van der Waals surface area (Å²) in [6.07, 6.45) is 0.444. The van der Waals surface area contributed by atoms with E-state index in [1.807, 2.05) is 35.7 Å². The molecule has 140 valence electrons. The quantitative estimate of drug-likeness (QED) is 0.549. The molecule has 0 amide bonds. The highest BCUT2D eigenvalue weighted by molar-refractivity contribution is 7.17. The van der Waals surface area contributed by atoms with E-state index >= 15 is 0 Å². The number of carboxylic acids is 1. The fraction of sp³-hybridized carbons (Fsp3) is 0.238. The van der Waals surface area contributed by atoms with Crippen LogP contribution in [0.15, 0.2) is 53.9 Å². The van der Waals surface area contributed by atoms with Gasteiger partial charge in [-0.15, -0.1) is 11.3 Å². The number of thiophene rings is 1. The van der Waals surface area contributed by atoms with Crippen molar-refractivity contribution in [3.63, 3.8) is 0 Å². The highest BCUT2D eigenvalue weighted by atomic mass is 32.1. The number of carbonyl (C=O) groups excluding carboxylic acids is 1. The lowest BCUT2D eigenvalue weighted by Crippen LogP contribution is -2.16. The molecule has 2 aromatic carbocycles.